The number of likely N-dealkylation sites (tertiary alicyclic amines) is 1. The number of hydrogen-bond acceptors (Lipinski definition) is 5. The highest BCUT2D eigenvalue weighted by Gasteiger charge is 2.45. The lowest BCUT2D eigenvalue weighted by atomic mass is 9.87. The molecule has 1 N–H and O–H groups in total. The van der Waals surface area contributed by atoms with Gasteiger partial charge >= 0.3 is 0 Å². The third-order valence-corrected chi connectivity index (χ3v) is 4.94. The molecule has 28 heavy (non-hydrogen) atoms. The number of piperidine rings is 1. The summed E-state index contributed by atoms with van der Waals surface area (Å²) < 4.78 is 13.1. The number of benzene rings is 1. The Morgan fingerprint density at radius 3 is 2.79 bits per heavy atom. The summed E-state index contributed by atoms with van der Waals surface area (Å²) in [6.45, 7) is 0.912. The fourth-order valence-corrected chi connectivity index (χ4v) is 3.55. The highest BCUT2D eigenvalue weighted by atomic mass is 19.1. The second-order valence-electron chi connectivity index (χ2n) is 7.02. The molecule has 2 amide bonds. The summed E-state index contributed by atoms with van der Waals surface area (Å²) in [6.07, 6.45) is 4.93. The van der Waals surface area contributed by atoms with Crippen LogP contribution >= 0.6 is 0 Å². The first-order valence-electron chi connectivity index (χ1n) is 9.06. The zero-order valence-corrected chi connectivity index (χ0v) is 15.1. The monoisotopic (exact) mass is 382 g/mol. The molecule has 4 rings (SSSR count). The van der Waals surface area contributed by atoms with Gasteiger partial charge in [-0.25, -0.2) is 4.39 Å². The zero-order chi connectivity index (χ0) is 19.6. The lowest BCUT2D eigenvalue weighted by Crippen LogP contribution is -2.50. The lowest BCUT2D eigenvalue weighted by molar-refractivity contribution is -0.110. The lowest BCUT2D eigenvalue weighted by Gasteiger charge is -2.38. The molecule has 1 fully saturated rings. The number of nitrogens with zero attached hydrogens (tertiary/aromatic N) is 3. The second-order valence-corrected chi connectivity index (χ2v) is 7.02. The maximum Gasteiger partial charge on any atom is 0.273 e. The van der Waals surface area contributed by atoms with Crippen molar-refractivity contribution in [3.8, 4) is 0 Å². The van der Waals surface area contributed by atoms with E-state index in [1.54, 1.807) is 29.4 Å². The molecule has 0 aliphatic carbocycles. The SMILES string of the molecule is O=C(Nc1cccnc1)C1=NOC2(CCCN(C(=O)c3ccc(F)cc3)C2)C1. The molecular formula is C20H19FN4O3. The number of aromatic nitrogens is 1. The molecule has 7 nitrogen and oxygen atoms in total. The fourth-order valence-electron chi connectivity index (χ4n) is 3.55. The third-order valence-electron chi connectivity index (χ3n) is 4.94. The van der Waals surface area contributed by atoms with Crippen LogP contribution in [0.3, 0.4) is 0 Å². The van der Waals surface area contributed by atoms with Crippen molar-refractivity contribution in [2.24, 2.45) is 5.16 Å². The first-order valence-corrected chi connectivity index (χ1v) is 9.06. The van der Waals surface area contributed by atoms with Crippen LogP contribution in [-0.4, -0.2) is 46.1 Å². The Bertz CT molecular complexity index is 917. The van der Waals surface area contributed by atoms with Crippen LogP contribution in [0.1, 0.15) is 29.6 Å². The van der Waals surface area contributed by atoms with Gasteiger partial charge in [-0.05, 0) is 49.2 Å². The van der Waals surface area contributed by atoms with Crippen molar-refractivity contribution in [3.05, 3.63) is 60.2 Å². The van der Waals surface area contributed by atoms with Gasteiger partial charge in [0.15, 0.2) is 5.60 Å². The number of halogens is 1. The van der Waals surface area contributed by atoms with Gasteiger partial charge in [-0.1, -0.05) is 5.16 Å². The minimum Gasteiger partial charge on any atom is -0.386 e. The second kappa shape index (κ2) is 7.38. The molecule has 1 spiro atoms. The van der Waals surface area contributed by atoms with Gasteiger partial charge in [-0.2, -0.15) is 0 Å². The van der Waals surface area contributed by atoms with E-state index in [-0.39, 0.29) is 17.6 Å². The van der Waals surface area contributed by atoms with E-state index in [4.69, 9.17) is 4.84 Å². The summed E-state index contributed by atoms with van der Waals surface area (Å²) in [5, 5.41) is 6.73. The molecule has 2 aromatic rings. The van der Waals surface area contributed by atoms with E-state index in [0.29, 0.717) is 42.9 Å². The number of hydrogen-bond donors (Lipinski definition) is 1. The Balaban J connectivity index is 1.41. The molecule has 0 bridgehead atoms. The molecule has 2 aliphatic heterocycles. The van der Waals surface area contributed by atoms with Gasteiger partial charge in [0.05, 0.1) is 18.4 Å². The molecular weight excluding hydrogens is 363 g/mol. The van der Waals surface area contributed by atoms with Crippen molar-refractivity contribution in [1.82, 2.24) is 9.88 Å². The number of carbonyl (C=O) groups excluding carboxylic acids is 2. The van der Waals surface area contributed by atoms with Crippen molar-refractivity contribution in [1.29, 1.82) is 0 Å². The summed E-state index contributed by atoms with van der Waals surface area (Å²) in [5.74, 6) is -0.911. The summed E-state index contributed by atoms with van der Waals surface area (Å²) in [7, 11) is 0. The number of rotatable bonds is 3. The van der Waals surface area contributed by atoms with E-state index in [9.17, 15) is 14.0 Å². The number of oxime groups is 1. The van der Waals surface area contributed by atoms with E-state index in [0.717, 1.165) is 6.42 Å². The van der Waals surface area contributed by atoms with Gasteiger partial charge in [-0.3, -0.25) is 14.6 Å². The van der Waals surface area contributed by atoms with Crippen molar-refractivity contribution < 1.29 is 18.8 Å². The molecule has 0 saturated carbocycles. The molecule has 0 radical (unpaired) electrons. The summed E-state index contributed by atoms with van der Waals surface area (Å²) >= 11 is 0. The van der Waals surface area contributed by atoms with Crippen molar-refractivity contribution in [2.45, 2.75) is 24.9 Å². The Hall–Kier alpha value is -3.29. The number of amides is 2. The van der Waals surface area contributed by atoms with Crippen LogP contribution < -0.4 is 5.32 Å². The average molecular weight is 382 g/mol. The van der Waals surface area contributed by atoms with Crippen LogP contribution in [0.25, 0.3) is 0 Å². The van der Waals surface area contributed by atoms with E-state index in [2.05, 4.69) is 15.5 Å². The minimum absolute atomic E-state index is 0.184. The van der Waals surface area contributed by atoms with Gasteiger partial charge in [-0.15, -0.1) is 0 Å². The third kappa shape index (κ3) is 3.71. The highest BCUT2D eigenvalue weighted by Crippen LogP contribution is 2.34. The maximum atomic E-state index is 13.1. The number of pyridine rings is 1. The molecule has 3 heterocycles. The van der Waals surface area contributed by atoms with Gasteiger partial charge in [0.2, 0.25) is 0 Å². The van der Waals surface area contributed by atoms with Gasteiger partial charge in [0, 0.05) is 24.7 Å². The van der Waals surface area contributed by atoms with E-state index in [1.165, 1.54) is 24.3 Å². The van der Waals surface area contributed by atoms with Crippen molar-refractivity contribution in [3.63, 3.8) is 0 Å². The molecule has 1 atom stereocenters. The Kier molecular flexibility index (Phi) is 4.77. The number of anilines is 1. The molecule has 2 aliphatic rings. The Morgan fingerprint density at radius 2 is 2.04 bits per heavy atom. The normalized spacial score (nSPS) is 21.2. The van der Waals surface area contributed by atoms with Gasteiger partial charge in [0.1, 0.15) is 11.5 Å². The average Bonchev–Trinajstić information content (AvgIpc) is 3.12. The van der Waals surface area contributed by atoms with Crippen LogP contribution in [0.4, 0.5) is 10.1 Å². The molecule has 1 aromatic carbocycles. The summed E-state index contributed by atoms with van der Waals surface area (Å²) in [5.41, 5.74) is 0.593. The number of carbonyl (C=O) groups is 2. The maximum absolute atomic E-state index is 13.1. The number of nitrogens with one attached hydrogen (secondary N) is 1. The fraction of sp³-hybridized carbons (Fsp3) is 0.300. The first-order chi connectivity index (χ1) is 13.5. The van der Waals surface area contributed by atoms with Crippen molar-refractivity contribution in [2.75, 3.05) is 18.4 Å². The Labute approximate surface area is 161 Å². The predicted molar refractivity (Wildman–Crippen MR) is 100 cm³/mol. The zero-order valence-electron chi connectivity index (χ0n) is 15.1. The highest BCUT2D eigenvalue weighted by molar-refractivity contribution is 6.43. The molecule has 8 heteroatoms. The Morgan fingerprint density at radius 1 is 1.21 bits per heavy atom. The van der Waals surface area contributed by atoms with Crippen LogP contribution in [-0.2, 0) is 9.63 Å². The molecule has 1 unspecified atom stereocenters. The summed E-state index contributed by atoms with van der Waals surface area (Å²) in [6, 6.07) is 8.94. The van der Waals surface area contributed by atoms with E-state index < -0.39 is 5.60 Å². The minimum atomic E-state index is -0.699. The van der Waals surface area contributed by atoms with Gasteiger partial charge < -0.3 is 15.1 Å². The van der Waals surface area contributed by atoms with Crippen molar-refractivity contribution >= 4 is 23.2 Å². The summed E-state index contributed by atoms with van der Waals surface area (Å²) in [4.78, 5) is 36.5. The molecule has 144 valence electrons. The molecule has 1 aromatic heterocycles. The molecule has 1 saturated heterocycles. The van der Waals surface area contributed by atoms with Crippen LogP contribution in [0.15, 0.2) is 53.9 Å². The van der Waals surface area contributed by atoms with E-state index in [1.807, 2.05) is 0 Å². The largest absolute Gasteiger partial charge is 0.386 e. The van der Waals surface area contributed by atoms with Crippen LogP contribution in [0, 0.1) is 5.82 Å². The quantitative estimate of drug-likeness (QED) is 0.885. The topological polar surface area (TPSA) is 83.9 Å². The predicted octanol–water partition coefficient (Wildman–Crippen LogP) is 2.61. The van der Waals surface area contributed by atoms with Gasteiger partial charge in [0.25, 0.3) is 11.8 Å². The van der Waals surface area contributed by atoms with Crippen LogP contribution in [0.2, 0.25) is 0 Å². The van der Waals surface area contributed by atoms with E-state index >= 15 is 0 Å². The standard InChI is InChI=1S/C20H19FN4O3/c21-15-6-4-14(5-7-15)19(27)25-10-2-8-20(13-25)11-17(24-28-20)18(26)23-16-3-1-9-22-12-16/h1,3-7,9,12H,2,8,10-11,13H2,(H,23,26). The smallest absolute Gasteiger partial charge is 0.273 e. The first kappa shape index (κ1) is 18.1. The van der Waals surface area contributed by atoms with Crippen LogP contribution in [0.5, 0.6) is 0 Å².